The zero-order valence-electron chi connectivity index (χ0n) is 15.8. The molecule has 0 radical (unpaired) electrons. The van der Waals surface area contributed by atoms with E-state index < -0.39 is 0 Å². The third-order valence-corrected chi connectivity index (χ3v) is 5.70. The average molecular weight is 370 g/mol. The highest BCUT2D eigenvalue weighted by atomic mass is 16.5. The minimum absolute atomic E-state index is 0.0407. The number of carbonyl (C=O) groups excluding carboxylic acids is 1. The molecule has 2 aliphatic heterocycles. The van der Waals surface area contributed by atoms with Gasteiger partial charge in [0.2, 0.25) is 0 Å². The third kappa shape index (κ3) is 2.73. The molecule has 2 aliphatic rings. The van der Waals surface area contributed by atoms with E-state index >= 15 is 0 Å². The van der Waals surface area contributed by atoms with Crippen molar-refractivity contribution >= 4 is 11.6 Å². The Kier molecular flexibility index (Phi) is 4.05. The number of fused-ring (bicyclic) bond motifs is 4. The molecule has 2 heterocycles. The molecule has 1 atom stereocenters. The molecule has 1 amide bonds. The van der Waals surface area contributed by atoms with Gasteiger partial charge in [0.05, 0.1) is 11.3 Å². The van der Waals surface area contributed by atoms with Gasteiger partial charge in [0, 0.05) is 13.6 Å². The monoisotopic (exact) mass is 370 g/mol. The van der Waals surface area contributed by atoms with Crippen molar-refractivity contribution in [2.75, 3.05) is 18.5 Å². The molecule has 1 unspecified atom stereocenters. The van der Waals surface area contributed by atoms with Gasteiger partial charge in [0.15, 0.2) is 0 Å². The lowest BCUT2D eigenvalue weighted by Crippen LogP contribution is -2.51. The first kappa shape index (κ1) is 16.9. The minimum Gasteiger partial charge on any atom is -0.489 e. The van der Waals surface area contributed by atoms with Crippen LogP contribution < -0.4 is 9.64 Å². The van der Waals surface area contributed by atoms with Crippen LogP contribution in [0.15, 0.2) is 72.8 Å². The Hall–Kier alpha value is -3.27. The molecule has 0 aromatic heterocycles. The molecule has 0 saturated heterocycles. The number of ether oxygens (including phenoxy) is 1. The van der Waals surface area contributed by atoms with Crippen LogP contribution in [-0.2, 0) is 13.0 Å². The van der Waals surface area contributed by atoms with Gasteiger partial charge in [-0.05, 0) is 41.3 Å². The number of amides is 1. The predicted octanol–water partition coefficient (Wildman–Crippen LogP) is 4.41. The number of nitrogens with zero attached hydrogens (tertiary/aromatic N) is 2. The number of hydrogen-bond donors (Lipinski definition) is 0. The highest BCUT2D eigenvalue weighted by molar-refractivity contribution is 6.02. The lowest BCUT2D eigenvalue weighted by atomic mass is 9.92. The summed E-state index contributed by atoms with van der Waals surface area (Å²) in [7, 11) is 2.07. The fraction of sp³-hybridized carbons (Fsp3) is 0.208. The van der Waals surface area contributed by atoms with E-state index in [1.165, 1.54) is 11.1 Å². The Bertz CT molecular complexity index is 1030. The maximum absolute atomic E-state index is 13.3. The summed E-state index contributed by atoms with van der Waals surface area (Å²) < 4.78 is 5.94. The van der Waals surface area contributed by atoms with E-state index in [0.29, 0.717) is 12.2 Å². The van der Waals surface area contributed by atoms with Gasteiger partial charge in [-0.2, -0.15) is 0 Å². The van der Waals surface area contributed by atoms with Crippen LogP contribution in [0.3, 0.4) is 0 Å². The van der Waals surface area contributed by atoms with Gasteiger partial charge >= 0.3 is 0 Å². The molecule has 0 spiro atoms. The van der Waals surface area contributed by atoms with Crippen molar-refractivity contribution in [3.05, 3.63) is 95.1 Å². The summed E-state index contributed by atoms with van der Waals surface area (Å²) in [6.07, 6.45) is 0.854. The Morgan fingerprint density at radius 2 is 1.79 bits per heavy atom. The van der Waals surface area contributed by atoms with Gasteiger partial charge in [-0.25, -0.2) is 0 Å². The lowest BCUT2D eigenvalue weighted by Gasteiger charge is -2.47. The smallest absolute Gasteiger partial charge is 0.258 e. The standard InChI is InChI=1S/C24H22N2O2/c1-25-22-12-11-19(28-16-17-7-3-2-4-8-17)15-21(22)24(27)26-14-13-18-9-5-6-10-20(18)23(25)26/h2-12,15,23H,13-14,16H2,1H3. The van der Waals surface area contributed by atoms with Crippen molar-refractivity contribution in [2.45, 2.75) is 19.2 Å². The molecule has 28 heavy (non-hydrogen) atoms. The fourth-order valence-corrected chi connectivity index (χ4v) is 4.29. The molecule has 3 aromatic rings. The van der Waals surface area contributed by atoms with Crippen molar-refractivity contribution in [2.24, 2.45) is 0 Å². The molecule has 0 fully saturated rings. The first-order valence-electron chi connectivity index (χ1n) is 9.65. The Labute approximate surface area is 165 Å². The van der Waals surface area contributed by atoms with Crippen LogP contribution in [0.1, 0.15) is 33.2 Å². The first-order valence-corrected chi connectivity index (χ1v) is 9.65. The van der Waals surface area contributed by atoms with E-state index in [0.717, 1.165) is 30.0 Å². The average Bonchev–Trinajstić information content (AvgIpc) is 2.76. The molecular weight excluding hydrogens is 348 g/mol. The summed E-state index contributed by atoms with van der Waals surface area (Å²) in [5, 5.41) is 0. The normalized spacial score (nSPS) is 17.6. The molecule has 0 saturated carbocycles. The predicted molar refractivity (Wildman–Crippen MR) is 110 cm³/mol. The summed E-state index contributed by atoms with van der Waals surface area (Å²) >= 11 is 0. The number of anilines is 1. The van der Waals surface area contributed by atoms with Gasteiger partial charge in [0.25, 0.3) is 5.91 Å². The van der Waals surface area contributed by atoms with E-state index in [-0.39, 0.29) is 12.1 Å². The van der Waals surface area contributed by atoms with Crippen molar-refractivity contribution < 1.29 is 9.53 Å². The van der Waals surface area contributed by atoms with Crippen LogP contribution >= 0.6 is 0 Å². The molecule has 0 aliphatic carbocycles. The molecule has 0 bridgehead atoms. The number of rotatable bonds is 3. The molecular formula is C24H22N2O2. The number of benzene rings is 3. The summed E-state index contributed by atoms with van der Waals surface area (Å²) in [5.41, 5.74) is 5.32. The second-order valence-electron chi connectivity index (χ2n) is 7.39. The molecule has 3 aromatic carbocycles. The third-order valence-electron chi connectivity index (χ3n) is 5.70. The van der Waals surface area contributed by atoms with Gasteiger partial charge in [-0.1, -0.05) is 54.6 Å². The van der Waals surface area contributed by atoms with Gasteiger partial charge in [0.1, 0.15) is 18.5 Å². The summed E-state index contributed by atoms with van der Waals surface area (Å²) in [6.45, 7) is 1.22. The van der Waals surface area contributed by atoms with Gasteiger partial charge < -0.3 is 14.5 Å². The summed E-state index contributed by atoms with van der Waals surface area (Å²) in [5.74, 6) is 0.804. The highest BCUT2D eigenvalue weighted by Crippen LogP contribution is 2.42. The molecule has 0 N–H and O–H groups in total. The van der Waals surface area contributed by atoms with Gasteiger partial charge in [-0.15, -0.1) is 0 Å². The fourth-order valence-electron chi connectivity index (χ4n) is 4.29. The lowest BCUT2D eigenvalue weighted by molar-refractivity contribution is 0.0638. The topological polar surface area (TPSA) is 32.8 Å². The maximum Gasteiger partial charge on any atom is 0.258 e. The molecule has 4 nitrogen and oxygen atoms in total. The molecule has 5 rings (SSSR count). The van der Waals surface area contributed by atoms with Crippen molar-refractivity contribution in [3.8, 4) is 5.75 Å². The Morgan fingerprint density at radius 1 is 1.00 bits per heavy atom. The van der Waals surface area contributed by atoms with Crippen LogP contribution in [0, 0.1) is 0 Å². The van der Waals surface area contributed by atoms with E-state index in [1.807, 2.05) is 53.4 Å². The zero-order valence-corrected chi connectivity index (χ0v) is 15.8. The van der Waals surface area contributed by atoms with Crippen molar-refractivity contribution in [1.82, 2.24) is 4.90 Å². The Balaban J connectivity index is 1.46. The van der Waals surface area contributed by atoms with Crippen LogP contribution in [0.25, 0.3) is 0 Å². The molecule has 4 heteroatoms. The van der Waals surface area contributed by atoms with Crippen LogP contribution in [0.5, 0.6) is 5.75 Å². The second-order valence-corrected chi connectivity index (χ2v) is 7.39. The van der Waals surface area contributed by atoms with Crippen LogP contribution in [0.2, 0.25) is 0 Å². The van der Waals surface area contributed by atoms with Crippen LogP contribution in [-0.4, -0.2) is 24.4 Å². The first-order chi connectivity index (χ1) is 13.7. The zero-order chi connectivity index (χ0) is 19.1. The largest absolute Gasteiger partial charge is 0.489 e. The second kappa shape index (κ2) is 6.71. The van der Waals surface area contributed by atoms with E-state index in [4.69, 9.17) is 4.74 Å². The quantitative estimate of drug-likeness (QED) is 0.685. The van der Waals surface area contributed by atoms with E-state index in [9.17, 15) is 4.79 Å². The summed E-state index contributed by atoms with van der Waals surface area (Å²) in [4.78, 5) is 17.5. The van der Waals surface area contributed by atoms with Crippen molar-refractivity contribution in [1.29, 1.82) is 0 Å². The van der Waals surface area contributed by atoms with E-state index in [1.54, 1.807) is 0 Å². The van der Waals surface area contributed by atoms with Crippen LogP contribution in [0.4, 0.5) is 5.69 Å². The van der Waals surface area contributed by atoms with Crippen molar-refractivity contribution in [3.63, 3.8) is 0 Å². The number of hydrogen-bond acceptors (Lipinski definition) is 3. The maximum atomic E-state index is 13.3. The summed E-state index contributed by atoms with van der Waals surface area (Å²) in [6, 6.07) is 24.3. The Morgan fingerprint density at radius 3 is 2.64 bits per heavy atom. The van der Waals surface area contributed by atoms with Gasteiger partial charge in [-0.3, -0.25) is 4.79 Å². The minimum atomic E-state index is -0.0407. The highest BCUT2D eigenvalue weighted by Gasteiger charge is 2.39. The molecule has 140 valence electrons. The van der Waals surface area contributed by atoms with E-state index in [2.05, 4.69) is 36.2 Å². The number of carbonyl (C=O) groups is 1. The SMILES string of the molecule is CN1c2ccc(OCc3ccccc3)cc2C(=O)N2CCc3ccccc3C21.